The van der Waals surface area contributed by atoms with Gasteiger partial charge in [0.25, 0.3) is 11.8 Å². The van der Waals surface area contributed by atoms with Crippen molar-refractivity contribution < 1.29 is 28.3 Å². The van der Waals surface area contributed by atoms with E-state index >= 15 is 0 Å². The Kier molecular flexibility index (Phi) is 6.00. The number of amides is 2. The Bertz CT molecular complexity index is 1300. The van der Waals surface area contributed by atoms with Gasteiger partial charge < -0.3 is 18.7 Å². The molecule has 12 heteroatoms. The second kappa shape index (κ2) is 9.29. The van der Waals surface area contributed by atoms with Gasteiger partial charge in [0.1, 0.15) is 23.8 Å². The molecule has 1 fully saturated rings. The van der Waals surface area contributed by atoms with E-state index in [4.69, 9.17) is 18.7 Å². The normalized spacial score (nSPS) is 18.8. The summed E-state index contributed by atoms with van der Waals surface area (Å²) in [5.41, 5.74) is 1.07. The quantitative estimate of drug-likeness (QED) is 0.435. The van der Waals surface area contributed by atoms with Crippen molar-refractivity contribution in [1.82, 2.24) is 15.1 Å². The van der Waals surface area contributed by atoms with E-state index in [9.17, 15) is 9.59 Å². The molecule has 2 aliphatic heterocycles. The van der Waals surface area contributed by atoms with Crippen molar-refractivity contribution in [1.29, 1.82) is 0 Å². The lowest BCUT2D eigenvalue weighted by molar-refractivity contribution is -0.123. The number of carbonyl (C=O) groups excluding carboxylic acids is 2. The second-order valence-corrected chi connectivity index (χ2v) is 8.48. The van der Waals surface area contributed by atoms with E-state index in [-0.39, 0.29) is 18.5 Å². The summed E-state index contributed by atoms with van der Waals surface area (Å²) in [6.07, 6.45) is 0.0677. The number of nitrogens with zero attached hydrogens (tertiary/aromatic N) is 6. The predicted molar refractivity (Wildman–Crippen MR) is 126 cm³/mol. The van der Waals surface area contributed by atoms with Gasteiger partial charge in [-0.2, -0.15) is 10.1 Å². The fourth-order valence-electron chi connectivity index (χ4n) is 4.06. The van der Waals surface area contributed by atoms with Crippen LogP contribution in [0.2, 0.25) is 0 Å². The van der Waals surface area contributed by atoms with Gasteiger partial charge in [-0.3, -0.25) is 14.6 Å². The zero-order valence-electron chi connectivity index (χ0n) is 20.1. The van der Waals surface area contributed by atoms with Crippen LogP contribution < -0.4 is 19.1 Å². The number of imide groups is 1. The summed E-state index contributed by atoms with van der Waals surface area (Å²) < 4.78 is 21.6. The predicted octanol–water partition coefficient (Wildman–Crippen LogP) is 3.03. The lowest BCUT2D eigenvalue weighted by Crippen LogP contribution is -2.39. The fraction of sp³-hybridized carbons (Fsp3) is 0.333. The molecule has 0 spiro atoms. The number of anilines is 1. The first kappa shape index (κ1) is 23.3. The van der Waals surface area contributed by atoms with Crippen molar-refractivity contribution in [3.05, 3.63) is 48.4 Å². The summed E-state index contributed by atoms with van der Waals surface area (Å²) in [5, 5.41) is 13.5. The van der Waals surface area contributed by atoms with Crippen LogP contribution in [0.4, 0.5) is 5.69 Å². The van der Waals surface area contributed by atoms with E-state index in [1.807, 2.05) is 38.1 Å². The SMILES string of the molecule is COc1cc(OC)cc(N2C(=O)C3N=NN(Cc4nc(-c5ccc(OC(C)C)cc5)no4)C3C2=O)c1. The van der Waals surface area contributed by atoms with Gasteiger partial charge in [0.05, 0.1) is 26.0 Å². The van der Waals surface area contributed by atoms with Gasteiger partial charge >= 0.3 is 0 Å². The van der Waals surface area contributed by atoms with Gasteiger partial charge in [-0.25, -0.2) is 4.90 Å². The van der Waals surface area contributed by atoms with Gasteiger partial charge in [0.15, 0.2) is 12.1 Å². The Labute approximate surface area is 206 Å². The number of hydrogen-bond acceptors (Lipinski definition) is 11. The smallest absolute Gasteiger partial charge is 0.263 e. The Morgan fingerprint density at radius 2 is 1.67 bits per heavy atom. The summed E-state index contributed by atoms with van der Waals surface area (Å²) in [4.78, 5) is 31.9. The first-order valence-corrected chi connectivity index (χ1v) is 11.3. The van der Waals surface area contributed by atoms with Crippen LogP contribution in [0.15, 0.2) is 57.3 Å². The molecule has 36 heavy (non-hydrogen) atoms. The molecule has 3 aromatic rings. The van der Waals surface area contributed by atoms with Crippen LogP contribution in [0.3, 0.4) is 0 Å². The molecule has 2 amide bonds. The highest BCUT2D eigenvalue weighted by Gasteiger charge is 2.55. The van der Waals surface area contributed by atoms with Crippen molar-refractivity contribution in [3.63, 3.8) is 0 Å². The summed E-state index contributed by atoms with van der Waals surface area (Å²) in [6, 6.07) is 10.3. The molecular weight excluding hydrogens is 468 g/mol. The van der Waals surface area contributed by atoms with Crippen LogP contribution in [0.25, 0.3) is 11.4 Å². The molecule has 0 saturated carbocycles. The first-order chi connectivity index (χ1) is 17.4. The molecular formula is C24H24N6O6. The highest BCUT2D eigenvalue weighted by atomic mass is 16.5. The van der Waals surface area contributed by atoms with Gasteiger partial charge in [0, 0.05) is 23.8 Å². The molecule has 0 aliphatic carbocycles. The summed E-state index contributed by atoms with van der Waals surface area (Å²) >= 11 is 0. The molecule has 0 N–H and O–H groups in total. The van der Waals surface area contributed by atoms with Crippen LogP contribution in [-0.2, 0) is 16.1 Å². The molecule has 0 bridgehead atoms. The lowest BCUT2D eigenvalue weighted by atomic mass is 10.1. The van der Waals surface area contributed by atoms with Crippen LogP contribution in [0, 0.1) is 0 Å². The molecule has 2 unspecified atom stereocenters. The van der Waals surface area contributed by atoms with Crippen LogP contribution >= 0.6 is 0 Å². The topological polar surface area (TPSA) is 132 Å². The van der Waals surface area contributed by atoms with Crippen molar-refractivity contribution >= 4 is 17.5 Å². The van der Waals surface area contributed by atoms with E-state index in [2.05, 4.69) is 20.5 Å². The van der Waals surface area contributed by atoms with Gasteiger partial charge in [0.2, 0.25) is 11.7 Å². The molecule has 3 heterocycles. The molecule has 5 rings (SSSR count). The molecule has 2 atom stereocenters. The first-order valence-electron chi connectivity index (χ1n) is 11.3. The Morgan fingerprint density at radius 1 is 0.972 bits per heavy atom. The molecule has 12 nitrogen and oxygen atoms in total. The third-order valence-corrected chi connectivity index (χ3v) is 5.70. The minimum atomic E-state index is -0.967. The molecule has 1 saturated heterocycles. The number of aromatic nitrogens is 2. The van der Waals surface area contributed by atoms with E-state index in [1.165, 1.54) is 19.2 Å². The maximum atomic E-state index is 13.3. The van der Waals surface area contributed by atoms with E-state index < -0.39 is 23.9 Å². The monoisotopic (exact) mass is 492 g/mol. The summed E-state index contributed by atoms with van der Waals surface area (Å²) in [7, 11) is 2.98. The van der Waals surface area contributed by atoms with Crippen molar-refractivity contribution in [2.45, 2.75) is 38.6 Å². The van der Waals surface area contributed by atoms with Crippen molar-refractivity contribution in [2.75, 3.05) is 19.1 Å². The average molecular weight is 492 g/mol. The number of carbonyl (C=O) groups is 2. The second-order valence-electron chi connectivity index (χ2n) is 8.48. The molecule has 0 radical (unpaired) electrons. The van der Waals surface area contributed by atoms with Crippen LogP contribution in [0.5, 0.6) is 17.2 Å². The summed E-state index contributed by atoms with van der Waals surface area (Å²) in [6.45, 7) is 3.92. The van der Waals surface area contributed by atoms with E-state index in [0.717, 1.165) is 16.2 Å². The Balaban J connectivity index is 1.33. The third-order valence-electron chi connectivity index (χ3n) is 5.70. The summed E-state index contributed by atoms with van der Waals surface area (Å²) in [5.74, 6) is 1.29. The largest absolute Gasteiger partial charge is 0.497 e. The number of methoxy groups -OCH3 is 2. The molecule has 1 aromatic heterocycles. The zero-order chi connectivity index (χ0) is 25.4. The maximum Gasteiger partial charge on any atom is 0.263 e. The minimum Gasteiger partial charge on any atom is -0.497 e. The molecule has 186 valence electrons. The van der Waals surface area contributed by atoms with Crippen molar-refractivity contribution in [3.8, 4) is 28.6 Å². The van der Waals surface area contributed by atoms with Gasteiger partial charge in [-0.1, -0.05) is 10.4 Å². The number of benzene rings is 2. The van der Waals surface area contributed by atoms with Crippen LogP contribution in [-0.4, -0.2) is 59.4 Å². The molecule has 2 aliphatic rings. The number of rotatable bonds is 8. The third kappa shape index (κ3) is 4.21. The lowest BCUT2D eigenvalue weighted by Gasteiger charge is -2.20. The number of hydrogen-bond donors (Lipinski definition) is 0. The maximum absolute atomic E-state index is 13.3. The standard InChI is InChI=1S/C24H24N6O6/c1-13(2)35-16-7-5-14(6-8-16)22-25-19(36-27-22)12-29-21-20(26-28-29)23(31)30(24(21)32)15-9-17(33-3)11-18(10-15)34-4/h5-11,13,20-21H,12H2,1-4H3. The number of ether oxygens (including phenoxy) is 3. The highest BCUT2D eigenvalue weighted by molar-refractivity contribution is 6.25. The van der Waals surface area contributed by atoms with Crippen molar-refractivity contribution in [2.24, 2.45) is 10.3 Å². The average Bonchev–Trinajstić information content (AvgIpc) is 3.57. The minimum absolute atomic E-state index is 0.0144. The molecule has 2 aromatic carbocycles. The Hall–Kier alpha value is -4.48. The van der Waals surface area contributed by atoms with E-state index in [1.54, 1.807) is 18.2 Å². The highest BCUT2D eigenvalue weighted by Crippen LogP contribution is 2.36. The Morgan fingerprint density at radius 3 is 2.31 bits per heavy atom. The number of fused-ring (bicyclic) bond motifs is 1. The van der Waals surface area contributed by atoms with Crippen LogP contribution in [0.1, 0.15) is 19.7 Å². The van der Waals surface area contributed by atoms with Gasteiger partial charge in [-0.05, 0) is 38.1 Å². The zero-order valence-corrected chi connectivity index (χ0v) is 20.1. The van der Waals surface area contributed by atoms with Gasteiger partial charge in [-0.15, -0.1) is 0 Å². The fourth-order valence-corrected chi connectivity index (χ4v) is 4.06. The van der Waals surface area contributed by atoms with E-state index in [0.29, 0.717) is 23.0 Å².